The summed E-state index contributed by atoms with van der Waals surface area (Å²) in [6.07, 6.45) is 3.74. The summed E-state index contributed by atoms with van der Waals surface area (Å²) in [5, 5.41) is 6.66. The molecule has 4 heteroatoms. The smallest absolute Gasteiger partial charge is 0.223 e. The molecule has 21 heavy (non-hydrogen) atoms. The molecule has 0 aromatic heterocycles. The molecule has 1 fully saturated rings. The van der Waals surface area contributed by atoms with Crippen molar-refractivity contribution < 1.29 is 4.79 Å². The summed E-state index contributed by atoms with van der Waals surface area (Å²) in [6, 6.07) is 9.05. The van der Waals surface area contributed by atoms with Crippen LogP contribution < -0.4 is 10.6 Å². The Morgan fingerprint density at radius 1 is 1.52 bits per heavy atom. The highest BCUT2D eigenvalue weighted by Crippen LogP contribution is 2.18. The van der Waals surface area contributed by atoms with Crippen molar-refractivity contribution in [3.63, 3.8) is 0 Å². The molecule has 3 nitrogen and oxygen atoms in total. The molecular formula is C17H25BrN2O. The second kappa shape index (κ2) is 7.95. The van der Waals surface area contributed by atoms with Gasteiger partial charge in [-0.2, -0.15) is 0 Å². The Hall–Kier alpha value is -0.870. The Labute approximate surface area is 136 Å². The van der Waals surface area contributed by atoms with Crippen molar-refractivity contribution in [3.8, 4) is 0 Å². The van der Waals surface area contributed by atoms with E-state index in [2.05, 4.69) is 52.5 Å². The van der Waals surface area contributed by atoms with E-state index in [0.29, 0.717) is 12.1 Å². The topological polar surface area (TPSA) is 41.1 Å². The van der Waals surface area contributed by atoms with E-state index in [9.17, 15) is 4.79 Å². The van der Waals surface area contributed by atoms with Gasteiger partial charge in [-0.25, -0.2) is 0 Å². The van der Waals surface area contributed by atoms with Crippen LogP contribution in [0, 0.1) is 5.92 Å². The van der Waals surface area contributed by atoms with Crippen LogP contribution in [0.15, 0.2) is 28.7 Å². The standard InChI is InChI=1S/C17H25BrN2O/c1-3-14(10-13-5-4-6-15(18)11-13)17(21)20-16-7-8-19-12(2)9-16/h4-6,11-12,14,16,19H,3,7-10H2,1-2H3,(H,20,21). The van der Waals surface area contributed by atoms with E-state index in [-0.39, 0.29) is 11.8 Å². The van der Waals surface area contributed by atoms with Crippen LogP contribution in [0.4, 0.5) is 0 Å². The van der Waals surface area contributed by atoms with E-state index in [0.717, 1.165) is 36.7 Å². The van der Waals surface area contributed by atoms with Crippen LogP contribution in [-0.2, 0) is 11.2 Å². The van der Waals surface area contributed by atoms with Crippen LogP contribution in [0.3, 0.4) is 0 Å². The van der Waals surface area contributed by atoms with Crippen LogP contribution in [0.2, 0.25) is 0 Å². The van der Waals surface area contributed by atoms with Gasteiger partial charge in [-0.1, -0.05) is 35.0 Å². The average molecular weight is 353 g/mol. The number of hydrogen-bond acceptors (Lipinski definition) is 2. The molecular weight excluding hydrogens is 328 g/mol. The molecule has 1 aliphatic rings. The first-order chi connectivity index (χ1) is 10.1. The molecule has 0 bridgehead atoms. The normalized spacial score (nSPS) is 23.6. The van der Waals surface area contributed by atoms with Gasteiger partial charge in [-0.15, -0.1) is 0 Å². The molecule has 2 rings (SSSR count). The molecule has 1 aliphatic heterocycles. The van der Waals surface area contributed by atoms with Crippen LogP contribution in [0.25, 0.3) is 0 Å². The van der Waals surface area contributed by atoms with E-state index in [1.807, 2.05) is 12.1 Å². The summed E-state index contributed by atoms with van der Waals surface area (Å²) in [5.41, 5.74) is 1.21. The lowest BCUT2D eigenvalue weighted by molar-refractivity contribution is -0.126. The number of nitrogens with one attached hydrogen (secondary N) is 2. The molecule has 116 valence electrons. The molecule has 0 saturated carbocycles. The number of benzene rings is 1. The summed E-state index contributed by atoms with van der Waals surface area (Å²) < 4.78 is 1.07. The molecule has 3 unspecified atom stereocenters. The van der Waals surface area contributed by atoms with Gasteiger partial charge in [-0.3, -0.25) is 4.79 Å². The molecule has 1 aromatic carbocycles. The molecule has 3 atom stereocenters. The minimum atomic E-state index is 0.0597. The quantitative estimate of drug-likeness (QED) is 0.853. The second-order valence-electron chi connectivity index (χ2n) is 6.02. The van der Waals surface area contributed by atoms with E-state index in [4.69, 9.17) is 0 Å². The minimum absolute atomic E-state index is 0.0597. The lowest BCUT2D eigenvalue weighted by Crippen LogP contribution is -2.48. The fraction of sp³-hybridized carbons (Fsp3) is 0.588. The van der Waals surface area contributed by atoms with Crippen LogP contribution in [0.1, 0.15) is 38.7 Å². The lowest BCUT2D eigenvalue weighted by atomic mass is 9.94. The zero-order chi connectivity index (χ0) is 15.2. The maximum atomic E-state index is 12.5. The molecule has 1 heterocycles. The SMILES string of the molecule is CCC(Cc1cccc(Br)c1)C(=O)NC1CCNC(C)C1. The zero-order valence-electron chi connectivity index (χ0n) is 12.9. The van der Waals surface area contributed by atoms with Crippen molar-refractivity contribution in [1.29, 1.82) is 0 Å². The van der Waals surface area contributed by atoms with Crippen molar-refractivity contribution in [2.24, 2.45) is 5.92 Å². The van der Waals surface area contributed by atoms with Crippen molar-refractivity contribution in [1.82, 2.24) is 10.6 Å². The van der Waals surface area contributed by atoms with Crippen molar-refractivity contribution in [3.05, 3.63) is 34.3 Å². The maximum absolute atomic E-state index is 12.5. The van der Waals surface area contributed by atoms with Gasteiger partial charge in [-0.05, 0) is 56.8 Å². The highest BCUT2D eigenvalue weighted by molar-refractivity contribution is 9.10. The monoisotopic (exact) mass is 352 g/mol. The third kappa shape index (κ3) is 5.11. The summed E-state index contributed by atoms with van der Waals surface area (Å²) in [6.45, 7) is 5.26. The first kappa shape index (κ1) is 16.5. The van der Waals surface area contributed by atoms with Crippen molar-refractivity contribution in [2.45, 2.75) is 51.6 Å². The van der Waals surface area contributed by atoms with Crippen LogP contribution in [0.5, 0.6) is 0 Å². The lowest BCUT2D eigenvalue weighted by Gasteiger charge is -2.30. The summed E-state index contributed by atoms with van der Waals surface area (Å²) in [7, 11) is 0. The molecule has 1 aromatic rings. The van der Waals surface area contributed by atoms with Gasteiger partial charge in [0.15, 0.2) is 0 Å². The number of hydrogen-bond donors (Lipinski definition) is 2. The number of carbonyl (C=O) groups excluding carboxylic acids is 1. The Balaban J connectivity index is 1.92. The van der Waals surface area contributed by atoms with Crippen molar-refractivity contribution >= 4 is 21.8 Å². The largest absolute Gasteiger partial charge is 0.353 e. The predicted octanol–water partition coefficient (Wildman–Crippen LogP) is 3.27. The Kier molecular flexibility index (Phi) is 6.24. The molecule has 1 amide bonds. The predicted molar refractivity (Wildman–Crippen MR) is 90.3 cm³/mol. The molecule has 2 N–H and O–H groups in total. The average Bonchev–Trinajstić information content (AvgIpc) is 2.44. The van der Waals surface area contributed by atoms with Gasteiger partial charge in [0.25, 0.3) is 0 Å². The third-order valence-corrected chi connectivity index (χ3v) is 4.70. The fourth-order valence-electron chi connectivity index (χ4n) is 2.95. The Morgan fingerprint density at radius 3 is 3.00 bits per heavy atom. The fourth-order valence-corrected chi connectivity index (χ4v) is 3.40. The molecule has 0 aliphatic carbocycles. The van der Waals surface area contributed by atoms with Gasteiger partial charge in [0.05, 0.1) is 0 Å². The third-order valence-electron chi connectivity index (χ3n) is 4.20. The summed E-state index contributed by atoms with van der Waals surface area (Å²) in [5.74, 6) is 0.265. The highest BCUT2D eigenvalue weighted by Gasteiger charge is 2.23. The number of amides is 1. The Bertz CT molecular complexity index is 478. The van der Waals surface area contributed by atoms with Gasteiger partial charge in [0.2, 0.25) is 5.91 Å². The highest BCUT2D eigenvalue weighted by atomic mass is 79.9. The first-order valence-corrected chi connectivity index (χ1v) is 8.66. The maximum Gasteiger partial charge on any atom is 0.223 e. The number of piperidine rings is 1. The van der Waals surface area contributed by atoms with Gasteiger partial charge < -0.3 is 10.6 Å². The number of carbonyl (C=O) groups is 1. The number of rotatable bonds is 5. The van der Waals surface area contributed by atoms with Gasteiger partial charge in [0, 0.05) is 22.5 Å². The summed E-state index contributed by atoms with van der Waals surface area (Å²) >= 11 is 3.49. The van der Waals surface area contributed by atoms with E-state index in [1.165, 1.54) is 5.56 Å². The van der Waals surface area contributed by atoms with E-state index < -0.39 is 0 Å². The van der Waals surface area contributed by atoms with Gasteiger partial charge in [0.1, 0.15) is 0 Å². The zero-order valence-corrected chi connectivity index (χ0v) is 14.4. The minimum Gasteiger partial charge on any atom is -0.353 e. The van der Waals surface area contributed by atoms with Gasteiger partial charge >= 0.3 is 0 Å². The van der Waals surface area contributed by atoms with Crippen molar-refractivity contribution in [2.75, 3.05) is 6.54 Å². The molecule has 1 saturated heterocycles. The molecule has 0 spiro atoms. The van der Waals surface area contributed by atoms with E-state index in [1.54, 1.807) is 0 Å². The Morgan fingerprint density at radius 2 is 2.33 bits per heavy atom. The van der Waals surface area contributed by atoms with E-state index >= 15 is 0 Å². The first-order valence-electron chi connectivity index (χ1n) is 7.86. The number of halogens is 1. The second-order valence-corrected chi connectivity index (χ2v) is 6.94. The molecule has 0 radical (unpaired) electrons. The summed E-state index contributed by atoms with van der Waals surface area (Å²) in [4.78, 5) is 12.5. The van der Waals surface area contributed by atoms with Crippen LogP contribution in [-0.4, -0.2) is 24.5 Å². The van der Waals surface area contributed by atoms with Crippen LogP contribution >= 0.6 is 15.9 Å².